The van der Waals surface area contributed by atoms with E-state index in [0.29, 0.717) is 13.2 Å². The fourth-order valence-corrected chi connectivity index (χ4v) is 2.44. The standard InChI is InChI=1S/C18H20N2O2/c1-3-14-21-17-6-5-7-18(16-17)22-15-4-2-9-20-12-10-19(8-1)11-13-20/h5-7,16H,8-15H2. The number of fused-ring (bicyclic) bond motifs is 8. The van der Waals surface area contributed by atoms with Crippen LogP contribution in [0.15, 0.2) is 24.3 Å². The molecule has 0 atom stereocenters. The molecule has 4 rings (SSSR count). The predicted octanol–water partition coefficient (Wildman–Crippen LogP) is 1.08. The lowest BCUT2D eigenvalue weighted by molar-refractivity contribution is 0.157. The minimum absolute atomic E-state index is 0.406. The number of piperazine rings is 1. The minimum Gasteiger partial charge on any atom is -0.481 e. The number of nitrogens with zero attached hydrogens (tertiary/aromatic N) is 2. The van der Waals surface area contributed by atoms with E-state index in [4.69, 9.17) is 9.47 Å². The third-order valence-corrected chi connectivity index (χ3v) is 3.75. The fourth-order valence-electron chi connectivity index (χ4n) is 2.44. The Morgan fingerprint density at radius 1 is 0.727 bits per heavy atom. The van der Waals surface area contributed by atoms with E-state index in [1.165, 1.54) is 0 Å². The number of ether oxygens (including phenoxy) is 2. The number of hydrogen-bond donors (Lipinski definition) is 0. The zero-order valence-electron chi connectivity index (χ0n) is 12.7. The molecule has 1 fully saturated rings. The summed E-state index contributed by atoms with van der Waals surface area (Å²) in [6, 6.07) is 7.61. The van der Waals surface area contributed by atoms with E-state index in [2.05, 4.69) is 33.5 Å². The first-order valence-corrected chi connectivity index (χ1v) is 7.62. The molecule has 0 aliphatic carbocycles. The van der Waals surface area contributed by atoms with E-state index in [0.717, 1.165) is 50.8 Å². The zero-order chi connectivity index (χ0) is 15.0. The summed E-state index contributed by atoms with van der Waals surface area (Å²) < 4.78 is 11.3. The van der Waals surface area contributed by atoms with Crippen molar-refractivity contribution in [3.8, 4) is 35.2 Å². The van der Waals surface area contributed by atoms with E-state index in [1.54, 1.807) is 0 Å². The van der Waals surface area contributed by atoms with Crippen LogP contribution < -0.4 is 9.47 Å². The summed E-state index contributed by atoms with van der Waals surface area (Å²) in [5.41, 5.74) is 0. The van der Waals surface area contributed by atoms with Gasteiger partial charge in [0.05, 0.1) is 13.1 Å². The summed E-state index contributed by atoms with van der Waals surface area (Å²) in [7, 11) is 0. The highest BCUT2D eigenvalue weighted by Crippen LogP contribution is 2.19. The first-order valence-electron chi connectivity index (χ1n) is 7.62. The van der Waals surface area contributed by atoms with E-state index in [-0.39, 0.29) is 0 Å². The zero-order valence-corrected chi connectivity index (χ0v) is 12.7. The second-order valence-corrected chi connectivity index (χ2v) is 5.31. The fraction of sp³-hybridized carbons (Fsp3) is 0.444. The summed E-state index contributed by atoms with van der Waals surface area (Å²) in [5, 5.41) is 0. The molecule has 0 unspecified atom stereocenters. The summed E-state index contributed by atoms with van der Waals surface area (Å²) in [6.07, 6.45) is 0. The molecular weight excluding hydrogens is 276 g/mol. The Balaban J connectivity index is 1.68. The van der Waals surface area contributed by atoms with Crippen LogP contribution in [0.3, 0.4) is 0 Å². The Hall–Kier alpha value is -2.14. The van der Waals surface area contributed by atoms with Crippen molar-refractivity contribution >= 4 is 0 Å². The largest absolute Gasteiger partial charge is 0.481 e. The third kappa shape index (κ3) is 4.43. The Morgan fingerprint density at radius 3 is 1.73 bits per heavy atom. The molecule has 4 nitrogen and oxygen atoms in total. The lowest BCUT2D eigenvalue weighted by Gasteiger charge is -2.32. The average molecular weight is 296 g/mol. The Kier molecular flexibility index (Phi) is 5.21. The highest BCUT2D eigenvalue weighted by atomic mass is 16.5. The molecule has 1 aromatic carbocycles. The molecule has 4 heteroatoms. The van der Waals surface area contributed by atoms with Crippen molar-refractivity contribution < 1.29 is 9.47 Å². The van der Waals surface area contributed by atoms with Crippen LogP contribution in [0.4, 0.5) is 0 Å². The van der Waals surface area contributed by atoms with Crippen LogP contribution in [0.1, 0.15) is 0 Å². The van der Waals surface area contributed by atoms with Crippen LogP contribution >= 0.6 is 0 Å². The van der Waals surface area contributed by atoms with E-state index < -0.39 is 0 Å². The molecule has 0 N–H and O–H groups in total. The van der Waals surface area contributed by atoms with Crippen molar-refractivity contribution in [3.63, 3.8) is 0 Å². The number of benzene rings is 1. The molecule has 1 aromatic rings. The molecular formula is C18H20N2O2. The highest BCUT2D eigenvalue weighted by Gasteiger charge is 2.14. The van der Waals surface area contributed by atoms with E-state index in [1.807, 2.05) is 24.3 Å². The maximum atomic E-state index is 5.63. The van der Waals surface area contributed by atoms with Crippen molar-refractivity contribution in [2.45, 2.75) is 0 Å². The predicted molar refractivity (Wildman–Crippen MR) is 85.9 cm³/mol. The van der Waals surface area contributed by atoms with Gasteiger partial charge in [-0.2, -0.15) is 0 Å². The van der Waals surface area contributed by atoms with E-state index >= 15 is 0 Å². The van der Waals surface area contributed by atoms with Crippen molar-refractivity contribution in [2.75, 3.05) is 52.5 Å². The lowest BCUT2D eigenvalue weighted by Crippen LogP contribution is -2.46. The van der Waals surface area contributed by atoms with Gasteiger partial charge < -0.3 is 9.47 Å². The normalized spacial score (nSPS) is 24.5. The van der Waals surface area contributed by atoms with Gasteiger partial charge in [-0.1, -0.05) is 29.7 Å². The maximum absolute atomic E-state index is 5.63. The molecule has 4 bridgehead atoms. The van der Waals surface area contributed by atoms with Gasteiger partial charge in [-0.15, -0.1) is 0 Å². The van der Waals surface area contributed by atoms with Gasteiger partial charge in [0, 0.05) is 32.2 Å². The summed E-state index contributed by atoms with van der Waals surface area (Å²) in [6.45, 7) is 6.64. The Bertz CT molecular complexity index is 562. The smallest absolute Gasteiger partial charge is 0.149 e. The first kappa shape index (κ1) is 14.8. The molecule has 1 saturated heterocycles. The lowest BCUT2D eigenvalue weighted by atomic mass is 10.3. The molecule has 3 aliphatic rings. The number of hydrogen-bond acceptors (Lipinski definition) is 4. The molecule has 0 spiro atoms. The van der Waals surface area contributed by atoms with Crippen molar-refractivity contribution in [3.05, 3.63) is 24.3 Å². The SMILES string of the molecule is C1#CCN2CCN(CC#CCOc3cccc(c3)OC1)CC2. The van der Waals surface area contributed by atoms with Gasteiger partial charge in [-0.05, 0) is 12.1 Å². The number of rotatable bonds is 0. The van der Waals surface area contributed by atoms with Gasteiger partial charge in [0.2, 0.25) is 0 Å². The first-order chi connectivity index (χ1) is 10.9. The second kappa shape index (κ2) is 7.75. The van der Waals surface area contributed by atoms with Crippen LogP contribution in [-0.2, 0) is 0 Å². The van der Waals surface area contributed by atoms with Crippen molar-refractivity contribution in [2.24, 2.45) is 0 Å². The monoisotopic (exact) mass is 296 g/mol. The van der Waals surface area contributed by atoms with Crippen LogP contribution in [0.2, 0.25) is 0 Å². The molecule has 3 aliphatic heterocycles. The minimum atomic E-state index is 0.406. The van der Waals surface area contributed by atoms with Crippen LogP contribution in [0.25, 0.3) is 0 Å². The Morgan fingerprint density at radius 2 is 1.23 bits per heavy atom. The van der Waals surface area contributed by atoms with Crippen molar-refractivity contribution in [1.29, 1.82) is 0 Å². The molecule has 0 radical (unpaired) electrons. The average Bonchev–Trinajstić information content (AvgIpc) is 2.55. The van der Waals surface area contributed by atoms with Crippen LogP contribution in [0, 0.1) is 23.7 Å². The van der Waals surface area contributed by atoms with Gasteiger partial charge in [0.25, 0.3) is 0 Å². The quantitative estimate of drug-likeness (QED) is 0.669. The molecule has 3 heterocycles. The third-order valence-electron chi connectivity index (χ3n) is 3.75. The van der Waals surface area contributed by atoms with E-state index in [9.17, 15) is 0 Å². The van der Waals surface area contributed by atoms with Gasteiger partial charge in [-0.25, -0.2) is 0 Å². The maximum Gasteiger partial charge on any atom is 0.149 e. The molecule has 0 aromatic heterocycles. The summed E-state index contributed by atoms with van der Waals surface area (Å²) in [5.74, 6) is 14.1. The van der Waals surface area contributed by atoms with Gasteiger partial charge in [-0.3, -0.25) is 9.80 Å². The topological polar surface area (TPSA) is 24.9 Å². The Labute approximate surface area is 132 Å². The van der Waals surface area contributed by atoms with Crippen molar-refractivity contribution in [1.82, 2.24) is 9.80 Å². The van der Waals surface area contributed by atoms with Gasteiger partial charge in [0.15, 0.2) is 0 Å². The molecule has 0 saturated carbocycles. The summed E-state index contributed by atoms with van der Waals surface area (Å²) >= 11 is 0. The molecule has 22 heavy (non-hydrogen) atoms. The van der Waals surface area contributed by atoms with Crippen LogP contribution in [-0.4, -0.2) is 62.3 Å². The second-order valence-electron chi connectivity index (χ2n) is 5.31. The van der Waals surface area contributed by atoms with Gasteiger partial charge >= 0.3 is 0 Å². The van der Waals surface area contributed by atoms with Gasteiger partial charge in [0.1, 0.15) is 24.7 Å². The molecule has 0 amide bonds. The van der Waals surface area contributed by atoms with Crippen LogP contribution in [0.5, 0.6) is 11.5 Å². The molecule has 114 valence electrons. The summed E-state index contributed by atoms with van der Waals surface area (Å²) in [4.78, 5) is 4.75. The highest BCUT2D eigenvalue weighted by molar-refractivity contribution is 5.33.